The van der Waals surface area contributed by atoms with E-state index in [4.69, 9.17) is 4.74 Å². The fraction of sp³-hybridized carbons (Fsp3) is 0.769. The molecule has 29 heavy (non-hydrogen) atoms. The number of ether oxygens (including phenoxy) is 1. The standard InChI is InChI=1S/C26H44F2O/c1-5-8-9-10-11-14-17-23(26(6-2,7-3)29-4)18-15-12-13-16-22-19-20-24(27)25(28)21-22/h19-21,23H,5-18H2,1-4H3. The van der Waals surface area contributed by atoms with Gasteiger partial charge in [-0.3, -0.25) is 0 Å². The third kappa shape index (κ3) is 9.15. The topological polar surface area (TPSA) is 9.23 Å². The van der Waals surface area contributed by atoms with E-state index in [2.05, 4.69) is 20.8 Å². The highest BCUT2D eigenvalue weighted by Gasteiger charge is 2.34. The van der Waals surface area contributed by atoms with Gasteiger partial charge in [0.05, 0.1) is 5.60 Å². The summed E-state index contributed by atoms with van der Waals surface area (Å²) in [4.78, 5) is 0. The van der Waals surface area contributed by atoms with Gasteiger partial charge >= 0.3 is 0 Å². The molecule has 1 aromatic carbocycles. The van der Waals surface area contributed by atoms with Crippen LogP contribution in [0.5, 0.6) is 0 Å². The molecule has 0 aliphatic carbocycles. The Hall–Kier alpha value is -0.960. The van der Waals surface area contributed by atoms with Gasteiger partial charge in [-0.05, 0) is 62.1 Å². The lowest BCUT2D eigenvalue weighted by atomic mass is 9.76. The molecule has 3 heteroatoms. The summed E-state index contributed by atoms with van der Waals surface area (Å²) in [6, 6.07) is 4.27. The zero-order valence-electron chi connectivity index (χ0n) is 19.4. The molecule has 1 aromatic rings. The molecular formula is C26H44F2O. The third-order valence-electron chi connectivity index (χ3n) is 6.76. The molecule has 1 nitrogen and oxygen atoms in total. The van der Waals surface area contributed by atoms with Gasteiger partial charge in [0.25, 0.3) is 0 Å². The lowest BCUT2D eigenvalue weighted by molar-refractivity contribution is -0.0712. The van der Waals surface area contributed by atoms with Crippen LogP contribution in [0, 0.1) is 17.6 Å². The van der Waals surface area contributed by atoms with Crippen molar-refractivity contribution in [2.75, 3.05) is 7.11 Å². The molecule has 0 N–H and O–H groups in total. The van der Waals surface area contributed by atoms with Crippen LogP contribution in [0.25, 0.3) is 0 Å². The smallest absolute Gasteiger partial charge is 0.159 e. The first-order valence-corrected chi connectivity index (χ1v) is 12.0. The van der Waals surface area contributed by atoms with E-state index in [-0.39, 0.29) is 5.60 Å². The Kier molecular flexibility index (Phi) is 13.4. The van der Waals surface area contributed by atoms with E-state index in [1.165, 1.54) is 69.9 Å². The number of aryl methyl sites for hydroxylation is 1. The summed E-state index contributed by atoms with van der Waals surface area (Å²) in [5.41, 5.74) is 0.893. The van der Waals surface area contributed by atoms with Crippen LogP contribution in [0.2, 0.25) is 0 Å². The average molecular weight is 411 g/mol. The van der Waals surface area contributed by atoms with Crippen LogP contribution in [0.1, 0.15) is 110 Å². The second kappa shape index (κ2) is 14.9. The second-order valence-electron chi connectivity index (χ2n) is 8.58. The third-order valence-corrected chi connectivity index (χ3v) is 6.76. The average Bonchev–Trinajstić information content (AvgIpc) is 2.73. The highest BCUT2D eigenvalue weighted by molar-refractivity contribution is 5.17. The summed E-state index contributed by atoms with van der Waals surface area (Å²) in [6.07, 6.45) is 16.7. The molecule has 0 aliphatic rings. The van der Waals surface area contributed by atoms with Crippen molar-refractivity contribution in [3.63, 3.8) is 0 Å². The molecule has 0 heterocycles. The number of rotatable bonds is 17. The van der Waals surface area contributed by atoms with Crippen molar-refractivity contribution in [3.05, 3.63) is 35.4 Å². The van der Waals surface area contributed by atoms with E-state index in [1.807, 2.05) is 7.11 Å². The number of hydrogen-bond donors (Lipinski definition) is 0. The number of methoxy groups -OCH3 is 1. The molecule has 1 atom stereocenters. The Morgan fingerprint density at radius 1 is 0.793 bits per heavy atom. The van der Waals surface area contributed by atoms with Gasteiger partial charge in [0.1, 0.15) is 0 Å². The van der Waals surface area contributed by atoms with E-state index < -0.39 is 11.6 Å². The molecule has 0 radical (unpaired) electrons. The second-order valence-corrected chi connectivity index (χ2v) is 8.58. The van der Waals surface area contributed by atoms with Crippen molar-refractivity contribution in [3.8, 4) is 0 Å². The van der Waals surface area contributed by atoms with Crippen molar-refractivity contribution in [1.82, 2.24) is 0 Å². The molecule has 0 amide bonds. The molecule has 0 fully saturated rings. The normalized spacial score (nSPS) is 13.0. The van der Waals surface area contributed by atoms with Gasteiger partial charge in [-0.25, -0.2) is 8.78 Å². The first-order valence-electron chi connectivity index (χ1n) is 12.0. The van der Waals surface area contributed by atoms with E-state index >= 15 is 0 Å². The largest absolute Gasteiger partial charge is 0.378 e. The Morgan fingerprint density at radius 2 is 1.38 bits per heavy atom. The zero-order chi connectivity index (χ0) is 21.5. The van der Waals surface area contributed by atoms with Gasteiger partial charge in [-0.1, -0.05) is 78.2 Å². The van der Waals surface area contributed by atoms with Crippen molar-refractivity contribution in [2.24, 2.45) is 5.92 Å². The lowest BCUT2D eigenvalue weighted by Crippen LogP contribution is -2.39. The Labute approximate surface area is 178 Å². The van der Waals surface area contributed by atoms with Crippen molar-refractivity contribution in [2.45, 2.75) is 116 Å². The summed E-state index contributed by atoms with van der Waals surface area (Å²) >= 11 is 0. The van der Waals surface area contributed by atoms with Gasteiger partial charge < -0.3 is 4.74 Å². The van der Waals surface area contributed by atoms with Crippen LogP contribution in [0.4, 0.5) is 8.78 Å². The quantitative estimate of drug-likeness (QED) is 0.233. The summed E-state index contributed by atoms with van der Waals surface area (Å²) in [7, 11) is 1.88. The minimum absolute atomic E-state index is 0.00348. The first-order chi connectivity index (χ1) is 14.0. The zero-order valence-corrected chi connectivity index (χ0v) is 19.4. The van der Waals surface area contributed by atoms with E-state index in [0.717, 1.165) is 37.7 Å². The van der Waals surface area contributed by atoms with E-state index in [1.54, 1.807) is 6.07 Å². The molecule has 0 saturated carbocycles. The van der Waals surface area contributed by atoms with Crippen LogP contribution >= 0.6 is 0 Å². The SMILES string of the molecule is CCCCCCCCC(CCCCCc1ccc(F)c(F)c1)C(CC)(CC)OC. The van der Waals surface area contributed by atoms with Crippen molar-refractivity contribution in [1.29, 1.82) is 0 Å². The summed E-state index contributed by atoms with van der Waals surface area (Å²) in [6.45, 7) is 6.77. The minimum Gasteiger partial charge on any atom is -0.378 e. The Balaban J connectivity index is 2.45. The maximum Gasteiger partial charge on any atom is 0.159 e. The van der Waals surface area contributed by atoms with Crippen LogP contribution in [0.15, 0.2) is 18.2 Å². The van der Waals surface area contributed by atoms with Gasteiger partial charge in [0, 0.05) is 7.11 Å². The van der Waals surface area contributed by atoms with Crippen LogP contribution in [-0.2, 0) is 11.2 Å². The number of benzene rings is 1. The fourth-order valence-corrected chi connectivity index (χ4v) is 4.72. The predicted molar refractivity (Wildman–Crippen MR) is 120 cm³/mol. The molecule has 1 rings (SSSR count). The molecule has 0 spiro atoms. The molecule has 0 aliphatic heterocycles. The molecule has 0 bridgehead atoms. The predicted octanol–water partition coefficient (Wildman–Crippen LogP) is 8.64. The van der Waals surface area contributed by atoms with Crippen LogP contribution in [0.3, 0.4) is 0 Å². The highest BCUT2D eigenvalue weighted by atomic mass is 19.2. The van der Waals surface area contributed by atoms with Crippen molar-refractivity contribution >= 4 is 0 Å². The van der Waals surface area contributed by atoms with Gasteiger partial charge in [-0.15, -0.1) is 0 Å². The fourth-order valence-electron chi connectivity index (χ4n) is 4.72. The summed E-state index contributed by atoms with van der Waals surface area (Å²) < 4.78 is 32.4. The van der Waals surface area contributed by atoms with E-state index in [0.29, 0.717) is 5.92 Å². The van der Waals surface area contributed by atoms with Gasteiger partial charge in [0.15, 0.2) is 11.6 Å². The van der Waals surface area contributed by atoms with Gasteiger partial charge in [-0.2, -0.15) is 0 Å². The molecule has 0 aromatic heterocycles. The van der Waals surface area contributed by atoms with Gasteiger partial charge in [0.2, 0.25) is 0 Å². The monoisotopic (exact) mass is 410 g/mol. The Bertz CT molecular complexity index is 531. The van der Waals surface area contributed by atoms with Crippen molar-refractivity contribution < 1.29 is 13.5 Å². The first kappa shape index (κ1) is 26.1. The lowest BCUT2D eigenvalue weighted by Gasteiger charge is -2.39. The Morgan fingerprint density at radius 3 is 1.93 bits per heavy atom. The molecule has 0 saturated heterocycles. The number of unbranched alkanes of at least 4 members (excludes halogenated alkanes) is 7. The van der Waals surface area contributed by atoms with Crippen LogP contribution < -0.4 is 0 Å². The highest BCUT2D eigenvalue weighted by Crippen LogP contribution is 2.36. The maximum atomic E-state index is 13.3. The number of halogens is 2. The summed E-state index contributed by atoms with van der Waals surface area (Å²) in [5.74, 6) is -0.893. The van der Waals surface area contributed by atoms with Crippen LogP contribution in [-0.4, -0.2) is 12.7 Å². The maximum absolute atomic E-state index is 13.3. The summed E-state index contributed by atoms with van der Waals surface area (Å²) in [5, 5.41) is 0. The molecule has 1 unspecified atom stereocenters. The molecule has 168 valence electrons. The number of hydrogen-bond acceptors (Lipinski definition) is 1. The molecular weight excluding hydrogens is 366 g/mol. The van der Waals surface area contributed by atoms with E-state index in [9.17, 15) is 8.78 Å². The minimum atomic E-state index is -0.763.